The van der Waals surface area contributed by atoms with E-state index >= 15 is 0 Å². The number of hydrogen-bond donors (Lipinski definition) is 3. The molecule has 7 heteroatoms. The van der Waals surface area contributed by atoms with Gasteiger partial charge >= 0.3 is 0 Å². The van der Waals surface area contributed by atoms with Gasteiger partial charge in [-0.15, -0.1) is 0 Å². The molecule has 3 N–H and O–H groups in total. The SMILES string of the molecule is CCCNCc1ccc(S(=O)(=O)NCCC(C)O)o1. The first-order valence-electron chi connectivity index (χ1n) is 6.43. The lowest BCUT2D eigenvalue weighted by Gasteiger charge is -2.05. The van der Waals surface area contributed by atoms with Crippen molar-refractivity contribution in [1.29, 1.82) is 0 Å². The standard InChI is InChI=1S/C12H22N2O4S/c1-3-7-13-9-11-4-5-12(18-11)19(16,17)14-8-6-10(2)15/h4-5,10,13-15H,3,6-9H2,1-2H3. The van der Waals surface area contributed by atoms with Crippen LogP contribution >= 0.6 is 0 Å². The maximum atomic E-state index is 11.9. The van der Waals surface area contributed by atoms with Crippen molar-refractivity contribution >= 4 is 10.0 Å². The van der Waals surface area contributed by atoms with Crippen LogP contribution in [0.5, 0.6) is 0 Å². The molecular formula is C12H22N2O4S. The van der Waals surface area contributed by atoms with Crippen LogP contribution in [0.4, 0.5) is 0 Å². The summed E-state index contributed by atoms with van der Waals surface area (Å²) in [5.41, 5.74) is 0. The summed E-state index contributed by atoms with van der Waals surface area (Å²) in [4.78, 5) is 0. The summed E-state index contributed by atoms with van der Waals surface area (Å²) in [6.07, 6.45) is 0.838. The number of nitrogens with one attached hydrogen (secondary N) is 2. The lowest BCUT2D eigenvalue weighted by atomic mass is 10.3. The van der Waals surface area contributed by atoms with Crippen LogP contribution in [-0.2, 0) is 16.6 Å². The fraction of sp³-hybridized carbons (Fsp3) is 0.667. The highest BCUT2D eigenvalue weighted by Gasteiger charge is 2.18. The number of furan rings is 1. The summed E-state index contributed by atoms with van der Waals surface area (Å²) in [7, 11) is -3.62. The summed E-state index contributed by atoms with van der Waals surface area (Å²) < 4.78 is 31.4. The molecule has 0 saturated carbocycles. The molecule has 0 aliphatic rings. The van der Waals surface area contributed by atoms with Crippen LogP contribution in [0.1, 0.15) is 32.4 Å². The zero-order chi connectivity index (χ0) is 14.3. The van der Waals surface area contributed by atoms with Gasteiger partial charge in [0.15, 0.2) is 0 Å². The zero-order valence-corrected chi connectivity index (χ0v) is 12.2. The Balaban J connectivity index is 2.53. The first-order chi connectivity index (χ1) is 8.95. The molecule has 6 nitrogen and oxygen atoms in total. The van der Waals surface area contributed by atoms with Gasteiger partial charge in [0, 0.05) is 6.54 Å². The first-order valence-corrected chi connectivity index (χ1v) is 7.91. The van der Waals surface area contributed by atoms with Crippen molar-refractivity contribution in [3.63, 3.8) is 0 Å². The highest BCUT2D eigenvalue weighted by Crippen LogP contribution is 2.13. The molecule has 0 fully saturated rings. The van der Waals surface area contributed by atoms with E-state index in [0.717, 1.165) is 13.0 Å². The van der Waals surface area contributed by atoms with E-state index in [1.165, 1.54) is 6.07 Å². The van der Waals surface area contributed by atoms with Crippen LogP contribution in [-0.4, -0.2) is 32.7 Å². The molecule has 0 amide bonds. The number of sulfonamides is 1. The van der Waals surface area contributed by atoms with Gasteiger partial charge in [-0.3, -0.25) is 0 Å². The molecule has 1 rings (SSSR count). The van der Waals surface area contributed by atoms with Crippen LogP contribution in [0.3, 0.4) is 0 Å². The maximum Gasteiger partial charge on any atom is 0.273 e. The Kier molecular flexibility index (Phi) is 6.50. The summed E-state index contributed by atoms with van der Waals surface area (Å²) in [6, 6.07) is 3.08. The van der Waals surface area contributed by atoms with Gasteiger partial charge in [-0.25, -0.2) is 13.1 Å². The fourth-order valence-electron chi connectivity index (χ4n) is 1.46. The van der Waals surface area contributed by atoms with Gasteiger partial charge in [0.25, 0.3) is 10.0 Å². The Morgan fingerprint density at radius 2 is 2.11 bits per heavy atom. The number of aliphatic hydroxyl groups is 1. The van der Waals surface area contributed by atoms with Crippen molar-refractivity contribution < 1.29 is 17.9 Å². The molecule has 0 radical (unpaired) electrons. The largest absolute Gasteiger partial charge is 0.447 e. The van der Waals surface area contributed by atoms with E-state index in [2.05, 4.69) is 17.0 Å². The molecular weight excluding hydrogens is 268 g/mol. The van der Waals surface area contributed by atoms with E-state index in [1.807, 2.05) is 0 Å². The van der Waals surface area contributed by atoms with Crippen LogP contribution in [0.15, 0.2) is 21.6 Å². The fourth-order valence-corrected chi connectivity index (χ4v) is 2.45. The van der Waals surface area contributed by atoms with E-state index in [9.17, 15) is 8.42 Å². The van der Waals surface area contributed by atoms with Gasteiger partial charge in [0.05, 0.1) is 12.6 Å². The molecule has 1 aromatic rings. The molecule has 0 spiro atoms. The summed E-state index contributed by atoms with van der Waals surface area (Å²) in [5.74, 6) is 0.587. The summed E-state index contributed by atoms with van der Waals surface area (Å²) >= 11 is 0. The van der Waals surface area contributed by atoms with Crippen LogP contribution < -0.4 is 10.0 Å². The third kappa shape index (κ3) is 5.73. The van der Waals surface area contributed by atoms with Gasteiger partial charge in [-0.2, -0.15) is 0 Å². The highest BCUT2D eigenvalue weighted by molar-refractivity contribution is 7.89. The van der Waals surface area contributed by atoms with E-state index < -0.39 is 16.1 Å². The minimum Gasteiger partial charge on any atom is -0.447 e. The Bertz CT molecular complexity index is 468. The van der Waals surface area contributed by atoms with Gasteiger partial charge in [0.1, 0.15) is 5.76 Å². The average Bonchev–Trinajstić information content (AvgIpc) is 2.78. The Hall–Kier alpha value is -0.890. The number of hydrogen-bond acceptors (Lipinski definition) is 5. The normalized spacial score (nSPS) is 13.6. The lowest BCUT2D eigenvalue weighted by Crippen LogP contribution is -2.26. The zero-order valence-electron chi connectivity index (χ0n) is 11.3. The second-order valence-electron chi connectivity index (χ2n) is 4.43. The minimum absolute atomic E-state index is 0.0913. The molecule has 1 unspecified atom stereocenters. The predicted molar refractivity (Wildman–Crippen MR) is 72.2 cm³/mol. The molecule has 0 bridgehead atoms. The molecule has 1 aromatic heterocycles. The predicted octanol–water partition coefficient (Wildman–Crippen LogP) is 0.828. The topological polar surface area (TPSA) is 91.6 Å². The van der Waals surface area contributed by atoms with Gasteiger partial charge < -0.3 is 14.8 Å². The smallest absolute Gasteiger partial charge is 0.273 e. The molecule has 0 aromatic carbocycles. The highest BCUT2D eigenvalue weighted by atomic mass is 32.2. The number of aliphatic hydroxyl groups excluding tert-OH is 1. The van der Waals surface area contributed by atoms with Crippen molar-refractivity contribution in [1.82, 2.24) is 10.0 Å². The van der Waals surface area contributed by atoms with Crippen molar-refractivity contribution in [2.24, 2.45) is 0 Å². The summed E-state index contributed by atoms with van der Waals surface area (Å²) in [6.45, 7) is 5.21. The van der Waals surface area contributed by atoms with E-state index in [-0.39, 0.29) is 11.6 Å². The first kappa shape index (κ1) is 16.2. The van der Waals surface area contributed by atoms with Crippen molar-refractivity contribution in [3.05, 3.63) is 17.9 Å². The van der Waals surface area contributed by atoms with Gasteiger partial charge in [-0.1, -0.05) is 6.92 Å². The van der Waals surface area contributed by atoms with Crippen molar-refractivity contribution in [3.8, 4) is 0 Å². The Morgan fingerprint density at radius 3 is 2.74 bits per heavy atom. The molecule has 0 aliphatic carbocycles. The second kappa shape index (κ2) is 7.64. The van der Waals surface area contributed by atoms with Crippen molar-refractivity contribution in [2.45, 2.75) is 44.4 Å². The summed E-state index contributed by atoms with van der Waals surface area (Å²) in [5, 5.41) is 12.1. The third-order valence-corrected chi connectivity index (χ3v) is 3.82. The minimum atomic E-state index is -3.62. The number of rotatable bonds is 9. The third-order valence-electron chi connectivity index (χ3n) is 2.48. The molecule has 1 atom stereocenters. The van der Waals surface area contributed by atoms with E-state index in [4.69, 9.17) is 9.52 Å². The lowest BCUT2D eigenvalue weighted by molar-refractivity contribution is 0.186. The quantitative estimate of drug-likeness (QED) is 0.586. The van der Waals surface area contributed by atoms with Crippen molar-refractivity contribution in [2.75, 3.05) is 13.1 Å². The molecule has 0 saturated heterocycles. The van der Waals surface area contributed by atoms with E-state index in [0.29, 0.717) is 18.7 Å². The second-order valence-corrected chi connectivity index (χ2v) is 6.13. The maximum absolute atomic E-state index is 11.9. The molecule has 1 heterocycles. The Morgan fingerprint density at radius 1 is 1.37 bits per heavy atom. The van der Waals surface area contributed by atoms with Crippen LogP contribution in [0.25, 0.3) is 0 Å². The Labute approximate surface area is 114 Å². The van der Waals surface area contributed by atoms with Gasteiger partial charge in [-0.05, 0) is 38.4 Å². The molecule has 110 valence electrons. The monoisotopic (exact) mass is 290 g/mol. The molecule has 19 heavy (non-hydrogen) atoms. The molecule has 0 aliphatic heterocycles. The average molecular weight is 290 g/mol. The van der Waals surface area contributed by atoms with Crippen LogP contribution in [0.2, 0.25) is 0 Å². The van der Waals surface area contributed by atoms with E-state index in [1.54, 1.807) is 13.0 Å². The van der Waals surface area contributed by atoms with Gasteiger partial charge in [0.2, 0.25) is 5.09 Å². The van der Waals surface area contributed by atoms with Crippen LogP contribution in [0, 0.1) is 0 Å².